The molecule has 0 radical (unpaired) electrons. The normalized spacial score (nSPS) is 10.6. The number of nitrogens with zero attached hydrogens (tertiary/aromatic N) is 1. The van der Waals surface area contributed by atoms with Crippen molar-refractivity contribution in [1.82, 2.24) is 0 Å². The number of aromatic carboxylic acids is 1. The number of benzene rings is 2. The second-order valence-electron chi connectivity index (χ2n) is 3.88. The molecule has 0 aliphatic carbocycles. The smallest absolute Gasteiger partial charge is 0.335 e. The van der Waals surface area contributed by atoms with E-state index in [0.717, 1.165) is 11.3 Å². The molecule has 1 N–H and O–H groups in total. The maximum Gasteiger partial charge on any atom is 0.335 e. The molecule has 19 heavy (non-hydrogen) atoms. The molecule has 0 atom stereocenters. The quantitative estimate of drug-likeness (QED) is 0.854. The van der Waals surface area contributed by atoms with Gasteiger partial charge in [-0.2, -0.15) is 0 Å². The van der Waals surface area contributed by atoms with Crippen LogP contribution in [0.15, 0.2) is 53.5 Å². The Morgan fingerprint density at radius 2 is 1.74 bits per heavy atom. The molecule has 4 nitrogen and oxygen atoms in total. The summed E-state index contributed by atoms with van der Waals surface area (Å²) in [5, 5.41) is 8.78. The van der Waals surface area contributed by atoms with Gasteiger partial charge in [0.15, 0.2) is 0 Å². The lowest BCUT2D eigenvalue weighted by molar-refractivity contribution is 0.0697. The largest absolute Gasteiger partial charge is 0.497 e. The van der Waals surface area contributed by atoms with Crippen molar-refractivity contribution in [2.24, 2.45) is 4.99 Å². The van der Waals surface area contributed by atoms with Gasteiger partial charge >= 0.3 is 5.97 Å². The Labute approximate surface area is 111 Å². The van der Waals surface area contributed by atoms with E-state index >= 15 is 0 Å². The van der Waals surface area contributed by atoms with E-state index in [9.17, 15) is 4.79 Å². The number of rotatable bonds is 4. The number of aliphatic imine (C=N–C) groups is 1. The third-order valence-electron chi connectivity index (χ3n) is 2.59. The van der Waals surface area contributed by atoms with Crippen LogP contribution in [0.5, 0.6) is 5.75 Å². The van der Waals surface area contributed by atoms with E-state index in [4.69, 9.17) is 9.84 Å². The zero-order valence-corrected chi connectivity index (χ0v) is 10.4. The van der Waals surface area contributed by atoms with Gasteiger partial charge < -0.3 is 9.84 Å². The number of hydrogen-bond donors (Lipinski definition) is 1. The van der Waals surface area contributed by atoms with Crippen molar-refractivity contribution in [2.75, 3.05) is 7.11 Å². The summed E-state index contributed by atoms with van der Waals surface area (Å²) in [5.41, 5.74) is 1.91. The van der Waals surface area contributed by atoms with E-state index in [1.54, 1.807) is 25.5 Å². The van der Waals surface area contributed by atoms with Crippen LogP contribution in [0.4, 0.5) is 5.69 Å². The van der Waals surface area contributed by atoms with Crippen LogP contribution in [0.3, 0.4) is 0 Å². The Morgan fingerprint density at radius 1 is 1.11 bits per heavy atom. The fourth-order valence-corrected chi connectivity index (χ4v) is 1.53. The Hall–Kier alpha value is -2.62. The molecule has 2 rings (SSSR count). The molecule has 96 valence electrons. The molecule has 2 aromatic carbocycles. The molecule has 4 heteroatoms. The fourth-order valence-electron chi connectivity index (χ4n) is 1.53. The highest BCUT2D eigenvalue weighted by atomic mass is 16.5. The molecule has 2 aromatic rings. The third-order valence-corrected chi connectivity index (χ3v) is 2.59. The van der Waals surface area contributed by atoms with Gasteiger partial charge in [-0.1, -0.05) is 0 Å². The first-order valence-corrected chi connectivity index (χ1v) is 5.70. The van der Waals surface area contributed by atoms with Gasteiger partial charge in [0.1, 0.15) is 5.75 Å². The van der Waals surface area contributed by atoms with Gasteiger partial charge in [-0.05, 0) is 54.1 Å². The maximum atomic E-state index is 10.7. The van der Waals surface area contributed by atoms with Crippen molar-refractivity contribution >= 4 is 17.9 Å². The zero-order valence-electron chi connectivity index (χ0n) is 10.4. The van der Waals surface area contributed by atoms with Crippen molar-refractivity contribution in [3.05, 3.63) is 59.7 Å². The second kappa shape index (κ2) is 5.82. The minimum Gasteiger partial charge on any atom is -0.497 e. The third kappa shape index (κ3) is 3.42. The predicted molar refractivity (Wildman–Crippen MR) is 73.6 cm³/mol. The van der Waals surface area contributed by atoms with Crippen LogP contribution in [-0.4, -0.2) is 24.4 Å². The van der Waals surface area contributed by atoms with Crippen molar-refractivity contribution in [1.29, 1.82) is 0 Å². The topological polar surface area (TPSA) is 58.9 Å². The summed E-state index contributed by atoms with van der Waals surface area (Å²) >= 11 is 0. The Morgan fingerprint density at radius 3 is 2.26 bits per heavy atom. The molecule has 0 heterocycles. The van der Waals surface area contributed by atoms with Crippen molar-refractivity contribution in [2.45, 2.75) is 0 Å². The standard InChI is InChI=1S/C15H13NO3/c1-19-14-8-2-11(3-9-14)10-16-13-6-4-12(5-7-13)15(17)18/h2-10H,1H3,(H,17,18). The minimum atomic E-state index is -0.939. The predicted octanol–water partition coefficient (Wildman–Crippen LogP) is 3.14. The highest BCUT2D eigenvalue weighted by molar-refractivity contribution is 5.88. The lowest BCUT2D eigenvalue weighted by Crippen LogP contribution is -1.94. The Kier molecular flexibility index (Phi) is 3.93. The molecule has 0 unspecified atom stereocenters. The van der Waals surface area contributed by atoms with Gasteiger partial charge in [0.25, 0.3) is 0 Å². The van der Waals surface area contributed by atoms with Crippen molar-refractivity contribution in [3.63, 3.8) is 0 Å². The lowest BCUT2D eigenvalue weighted by Gasteiger charge is -1.99. The molecule has 0 amide bonds. The summed E-state index contributed by atoms with van der Waals surface area (Å²) in [6.45, 7) is 0. The van der Waals surface area contributed by atoms with Gasteiger partial charge in [-0.3, -0.25) is 4.99 Å². The van der Waals surface area contributed by atoms with Gasteiger partial charge in [-0.25, -0.2) is 4.79 Å². The lowest BCUT2D eigenvalue weighted by atomic mass is 10.2. The van der Waals surface area contributed by atoms with E-state index < -0.39 is 5.97 Å². The molecule has 0 aliphatic heterocycles. The number of carbonyl (C=O) groups is 1. The molecule has 0 saturated carbocycles. The molecule has 0 fully saturated rings. The molecule has 0 saturated heterocycles. The highest BCUT2D eigenvalue weighted by Gasteiger charge is 2.00. The summed E-state index contributed by atoms with van der Waals surface area (Å²) in [5.74, 6) is -0.145. The number of methoxy groups -OCH3 is 1. The number of hydrogen-bond acceptors (Lipinski definition) is 3. The summed E-state index contributed by atoms with van der Waals surface area (Å²) < 4.78 is 5.07. The first-order valence-electron chi connectivity index (χ1n) is 5.70. The Bertz CT molecular complexity index is 586. The van der Waals surface area contributed by atoms with Crippen LogP contribution in [0, 0.1) is 0 Å². The maximum absolute atomic E-state index is 10.7. The van der Waals surface area contributed by atoms with Gasteiger partial charge in [0, 0.05) is 6.21 Å². The van der Waals surface area contributed by atoms with Gasteiger partial charge in [-0.15, -0.1) is 0 Å². The first kappa shape index (κ1) is 12.8. The van der Waals surface area contributed by atoms with E-state index in [2.05, 4.69) is 4.99 Å². The average Bonchev–Trinajstić information content (AvgIpc) is 2.46. The monoisotopic (exact) mass is 255 g/mol. The van der Waals surface area contributed by atoms with Crippen LogP contribution < -0.4 is 4.74 Å². The van der Waals surface area contributed by atoms with Gasteiger partial charge in [0.2, 0.25) is 0 Å². The molecular formula is C15H13NO3. The van der Waals surface area contributed by atoms with E-state index in [-0.39, 0.29) is 5.56 Å². The number of ether oxygens (including phenoxy) is 1. The minimum absolute atomic E-state index is 0.253. The highest BCUT2D eigenvalue weighted by Crippen LogP contribution is 2.14. The fraction of sp³-hybridized carbons (Fsp3) is 0.0667. The summed E-state index contributed by atoms with van der Waals surface area (Å²) in [6, 6.07) is 13.9. The molecule has 0 aromatic heterocycles. The number of carboxylic acid groups (broad SMARTS) is 1. The van der Waals surface area contributed by atoms with E-state index in [1.807, 2.05) is 24.3 Å². The summed E-state index contributed by atoms with van der Waals surface area (Å²) in [4.78, 5) is 15.0. The summed E-state index contributed by atoms with van der Waals surface area (Å²) in [7, 11) is 1.62. The van der Waals surface area contributed by atoms with Crippen LogP contribution >= 0.6 is 0 Å². The van der Waals surface area contributed by atoms with Crippen LogP contribution in [0.2, 0.25) is 0 Å². The zero-order chi connectivity index (χ0) is 13.7. The SMILES string of the molecule is COc1ccc(C=Nc2ccc(C(=O)O)cc2)cc1. The molecule has 0 spiro atoms. The molecular weight excluding hydrogens is 242 g/mol. The number of carboxylic acids is 1. The molecule has 0 bridgehead atoms. The first-order chi connectivity index (χ1) is 9.19. The van der Waals surface area contributed by atoms with E-state index in [1.165, 1.54) is 12.1 Å². The Balaban J connectivity index is 2.10. The van der Waals surface area contributed by atoms with Crippen LogP contribution in [-0.2, 0) is 0 Å². The second-order valence-corrected chi connectivity index (χ2v) is 3.88. The van der Waals surface area contributed by atoms with Crippen LogP contribution in [0.1, 0.15) is 15.9 Å². The van der Waals surface area contributed by atoms with Crippen molar-refractivity contribution in [3.8, 4) is 5.75 Å². The summed E-state index contributed by atoms with van der Waals surface area (Å²) in [6.07, 6.45) is 1.72. The van der Waals surface area contributed by atoms with E-state index in [0.29, 0.717) is 5.69 Å². The van der Waals surface area contributed by atoms with Crippen molar-refractivity contribution < 1.29 is 14.6 Å². The van der Waals surface area contributed by atoms with Crippen LogP contribution in [0.25, 0.3) is 0 Å². The molecule has 0 aliphatic rings. The average molecular weight is 255 g/mol. The van der Waals surface area contributed by atoms with Gasteiger partial charge in [0.05, 0.1) is 18.4 Å².